The summed E-state index contributed by atoms with van der Waals surface area (Å²) in [6.07, 6.45) is -4.41. The average molecular weight is 449 g/mol. The van der Waals surface area contributed by atoms with E-state index in [4.69, 9.17) is 0 Å². The van der Waals surface area contributed by atoms with E-state index in [2.05, 4.69) is 25.5 Å². The first-order valence-electron chi connectivity index (χ1n) is 9.89. The lowest BCUT2D eigenvalue weighted by Crippen LogP contribution is -2.04. The van der Waals surface area contributed by atoms with Gasteiger partial charge in [0.05, 0.1) is 22.3 Å². The highest BCUT2D eigenvalue weighted by Crippen LogP contribution is 2.32. The molecule has 0 saturated carbocycles. The summed E-state index contributed by atoms with van der Waals surface area (Å²) >= 11 is 0. The van der Waals surface area contributed by atoms with Crippen molar-refractivity contribution >= 4 is 22.4 Å². The van der Waals surface area contributed by atoms with Crippen LogP contribution in [0.1, 0.15) is 5.56 Å². The molecule has 0 atom stereocenters. The molecule has 0 aliphatic heterocycles. The van der Waals surface area contributed by atoms with Gasteiger partial charge < -0.3 is 10.3 Å². The number of H-pyrrole nitrogens is 1. The van der Waals surface area contributed by atoms with Gasteiger partial charge in [-0.25, -0.2) is 4.98 Å². The van der Waals surface area contributed by atoms with Crippen LogP contribution in [0.4, 0.5) is 28.9 Å². The lowest BCUT2D eigenvalue weighted by atomic mass is 10.1. The molecule has 33 heavy (non-hydrogen) atoms. The summed E-state index contributed by atoms with van der Waals surface area (Å²) in [5, 5.41) is 10.5. The Bertz CT molecular complexity index is 1420. The number of alkyl halides is 3. The van der Waals surface area contributed by atoms with Crippen LogP contribution in [0.2, 0.25) is 0 Å². The third kappa shape index (κ3) is 4.38. The zero-order chi connectivity index (χ0) is 23.0. The van der Waals surface area contributed by atoms with Crippen molar-refractivity contribution in [3.63, 3.8) is 0 Å². The van der Waals surface area contributed by atoms with Gasteiger partial charge in [-0.3, -0.25) is 0 Å². The number of rotatable bonds is 4. The van der Waals surface area contributed by atoms with Gasteiger partial charge >= 0.3 is 6.18 Å². The van der Waals surface area contributed by atoms with Gasteiger partial charge in [0.25, 0.3) is 0 Å². The summed E-state index contributed by atoms with van der Waals surface area (Å²) < 4.78 is 51.9. The van der Waals surface area contributed by atoms with Crippen molar-refractivity contribution in [1.29, 1.82) is 0 Å². The SMILES string of the molecule is Fc1ccc(-c2ccc(Nc3cccc(-c4nc5ccc(C(F)(F)F)cc5[nH]4)c3)cc2)nn1. The minimum atomic E-state index is -4.41. The van der Waals surface area contributed by atoms with Crippen LogP contribution in [0, 0.1) is 5.95 Å². The number of imidazole rings is 1. The van der Waals surface area contributed by atoms with Crippen LogP contribution in [0.3, 0.4) is 0 Å². The van der Waals surface area contributed by atoms with Gasteiger partial charge in [-0.15, -0.1) is 10.2 Å². The second kappa shape index (κ2) is 8.01. The third-order valence-corrected chi connectivity index (χ3v) is 5.05. The fraction of sp³-hybridized carbons (Fsp3) is 0.0417. The largest absolute Gasteiger partial charge is 0.416 e. The standard InChI is InChI=1S/C24H15F4N5/c25-22-11-10-19(32-33-22)14-4-7-17(8-5-14)29-18-3-1-2-15(12-18)23-30-20-9-6-16(24(26,27)28)13-21(20)31-23/h1-13,29H,(H,30,31). The minimum Gasteiger partial charge on any atom is -0.356 e. The van der Waals surface area contributed by atoms with Crippen molar-refractivity contribution in [3.8, 4) is 22.6 Å². The number of aromatic nitrogens is 4. The zero-order valence-corrected chi connectivity index (χ0v) is 16.9. The molecule has 9 heteroatoms. The van der Waals surface area contributed by atoms with E-state index in [0.29, 0.717) is 22.6 Å². The molecular weight excluding hydrogens is 434 g/mol. The molecule has 0 spiro atoms. The molecule has 5 nitrogen and oxygen atoms in total. The van der Waals surface area contributed by atoms with Crippen molar-refractivity contribution in [3.05, 3.63) is 90.4 Å². The van der Waals surface area contributed by atoms with E-state index in [1.807, 2.05) is 48.5 Å². The van der Waals surface area contributed by atoms with Crippen molar-refractivity contribution in [2.45, 2.75) is 6.18 Å². The topological polar surface area (TPSA) is 66.5 Å². The van der Waals surface area contributed by atoms with Gasteiger partial charge in [0.2, 0.25) is 5.95 Å². The highest BCUT2D eigenvalue weighted by Gasteiger charge is 2.30. The number of nitrogens with one attached hydrogen (secondary N) is 2. The third-order valence-electron chi connectivity index (χ3n) is 5.05. The maximum absolute atomic E-state index is 13.0. The van der Waals surface area contributed by atoms with Crippen LogP contribution in [-0.2, 0) is 6.18 Å². The normalized spacial score (nSPS) is 11.6. The first kappa shape index (κ1) is 20.6. The number of nitrogens with zero attached hydrogens (tertiary/aromatic N) is 3. The van der Waals surface area contributed by atoms with Crippen molar-refractivity contribution < 1.29 is 17.6 Å². The van der Waals surface area contributed by atoms with Crippen LogP contribution in [0.15, 0.2) is 78.9 Å². The molecule has 0 bridgehead atoms. The Morgan fingerprint density at radius 1 is 0.758 bits per heavy atom. The van der Waals surface area contributed by atoms with Gasteiger partial charge in [-0.2, -0.15) is 17.6 Å². The van der Waals surface area contributed by atoms with Gasteiger partial charge in [0.15, 0.2) is 0 Å². The molecular formula is C24H15F4N5. The first-order chi connectivity index (χ1) is 15.8. The lowest BCUT2D eigenvalue weighted by molar-refractivity contribution is -0.137. The Balaban J connectivity index is 1.37. The quantitative estimate of drug-likeness (QED) is 0.304. The molecule has 5 aromatic rings. The summed E-state index contributed by atoms with van der Waals surface area (Å²) in [5.74, 6) is -0.166. The second-order valence-electron chi connectivity index (χ2n) is 7.34. The Morgan fingerprint density at radius 3 is 2.30 bits per heavy atom. The van der Waals surface area contributed by atoms with Crippen LogP contribution < -0.4 is 5.32 Å². The van der Waals surface area contributed by atoms with Gasteiger partial charge in [0, 0.05) is 22.5 Å². The Kier molecular flexibility index (Phi) is 5.01. The predicted octanol–water partition coefficient (Wildman–Crippen LogP) is 6.59. The van der Waals surface area contributed by atoms with E-state index in [1.54, 1.807) is 6.07 Å². The van der Waals surface area contributed by atoms with E-state index in [0.717, 1.165) is 34.6 Å². The van der Waals surface area contributed by atoms with Crippen molar-refractivity contribution in [2.75, 3.05) is 5.32 Å². The van der Waals surface area contributed by atoms with E-state index >= 15 is 0 Å². The summed E-state index contributed by atoms with van der Waals surface area (Å²) in [6, 6.07) is 21.0. The molecule has 0 amide bonds. The number of hydrogen-bond acceptors (Lipinski definition) is 4. The maximum Gasteiger partial charge on any atom is 0.416 e. The highest BCUT2D eigenvalue weighted by atomic mass is 19.4. The second-order valence-corrected chi connectivity index (χ2v) is 7.34. The maximum atomic E-state index is 13.0. The zero-order valence-electron chi connectivity index (χ0n) is 16.9. The van der Waals surface area contributed by atoms with Crippen molar-refractivity contribution in [1.82, 2.24) is 20.2 Å². The van der Waals surface area contributed by atoms with E-state index in [1.165, 1.54) is 12.1 Å². The molecule has 0 saturated heterocycles. The van der Waals surface area contributed by atoms with Gasteiger partial charge in [0.1, 0.15) is 5.82 Å². The van der Waals surface area contributed by atoms with Crippen LogP contribution in [-0.4, -0.2) is 20.2 Å². The lowest BCUT2D eigenvalue weighted by Gasteiger charge is -2.08. The fourth-order valence-corrected chi connectivity index (χ4v) is 3.43. The Labute approximate surface area is 185 Å². The molecule has 3 aromatic carbocycles. The van der Waals surface area contributed by atoms with Crippen LogP contribution >= 0.6 is 0 Å². The number of benzene rings is 3. The van der Waals surface area contributed by atoms with Gasteiger partial charge in [-0.05, 0) is 54.6 Å². The number of aromatic amines is 1. The Morgan fingerprint density at radius 2 is 1.58 bits per heavy atom. The average Bonchev–Trinajstić information content (AvgIpc) is 3.24. The smallest absolute Gasteiger partial charge is 0.356 e. The molecule has 5 rings (SSSR count). The van der Waals surface area contributed by atoms with E-state index in [-0.39, 0.29) is 0 Å². The molecule has 0 unspecified atom stereocenters. The highest BCUT2D eigenvalue weighted by molar-refractivity contribution is 5.81. The Hall–Kier alpha value is -4.27. The van der Waals surface area contributed by atoms with E-state index < -0.39 is 17.7 Å². The summed E-state index contributed by atoms with van der Waals surface area (Å²) in [6.45, 7) is 0. The molecule has 2 N–H and O–H groups in total. The number of hydrogen-bond donors (Lipinski definition) is 2. The van der Waals surface area contributed by atoms with Gasteiger partial charge in [-0.1, -0.05) is 24.3 Å². The summed E-state index contributed by atoms with van der Waals surface area (Å²) in [4.78, 5) is 7.38. The van der Waals surface area contributed by atoms with Crippen LogP contribution in [0.5, 0.6) is 0 Å². The number of halogens is 4. The summed E-state index contributed by atoms with van der Waals surface area (Å²) in [7, 11) is 0. The molecule has 0 aliphatic carbocycles. The first-order valence-corrected chi connectivity index (χ1v) is 9.89. The molecule has 0 radical (unpaired) electrons. The minimum absolute atomic E-state index is 0.317. The number of fused-ring (bicyclic) bond motifs is 1. The molecule has 2 aromatic heterocycles. The van der Waals surface area contributed by atoms with Crippen LogP contribution in [0.25, 0.3) is 33.7 Å². The monoisotopic (exact) mass is 449 g/mol. The van der Waals surface area contributed by atoms with E-state index in [9.17, 15) is 17.6 Å². The van der Waals surface area contributed by atoms with Crippen molar-refractivity contribution in [2.24, 2.45) is 0 Å². The molecule has 0 aliphatic rings. The molecule has 2 heterocycles. The molecule has 164 valence electrons. The predicted molar refractivity (Wildman–Crippen MR) is 117 cm³/mol. The number of anilines is 2. The fourth-order valence-electron chi connectivity index (χ4n) is 3.43. The summed E-state index contributed by atoms with van der Waals surface area (Å²) in [5.41, 5.74) is 3.71. The molecule has 0 fully saturated rings.